The summed E-state index contributed by atoms with van der Waals surface area (Å²) in [4.78, 5) is 26.6. The minimum Gasteiger partial charge on any atom is -0.347 e. The fraction of sp³-hybridized carbons (Fsp3) is 0.391. The molecule has 0 aromatic heterocycles. The molecular formula is C23H26F2N2O2. The van der Waals surface area contributed by atoms with E-state index in [1.165, 1.54) is 24.3 Å². The molecule has 154 valence electrons. The molecule has 1 atom stereocenters. The molecule has 1 aliphatic rings. The summed E-state index contributed by atoms with van der Waals surface area (Å²) in [6.45, 7) is 0.550. The van der Waals surface area contributed by atoms with E-state index in [0.29, 0.717) is 30.5 Å². The molecule has 6 heteroatoms. The van der Waals surface area contributed by atoms with Crippen molar-refractivity contribution in [3.8, 4) is 0 Å². The Bertz CT molecular complexity index is 856. The predicted molar refractivity (Wildman–Crippen MR) is 107 cm³/mol. The summed E-state index contributed by atoms with van der Waals surface area (Å²) in [6, 6.07) is 11.6. The predicted octanol–water partition coefficient (Wildman–Crippen LogP) is 4.16. The van der Waals surface area contributed by atoms with Gasteiger partial charge in [0.25, 0.3) is 0 Å². The normalized spacial score (nSPS) is 16.1. The van der Waals surface area contributed by atoms with Crippen molar-refractivity contribution < 1.29 is 18.4 Å². The van der Waals surface area contributed by atoms with Crippen LogP contribution in [0.5, 0.6) is 0 Å². The maximum absolute atomic E-state index is 13.7. The number of nitrogens with one attached hydrogen (secondary N) is 1. The lowest BCUT2D eigenvalue weighted by Gasteiger charge is -2.26. The zero-order chi connectivity index (χ0) is 20.6. The molecule has 0 aliphatic carbocycles. The van der Waals surface area contributed by atoms with Gasteiger partial charge >= 0.3 is 0 Å². The Balaban J connectivity index is 1.73. The first-order valence-corrected chi connectivity index (χ1v) is 10.1. The standard InChI is InChI=1S/C23H26F2N2O2/c24-19-9-5-7-17(13-19)14-21(18-8-6-10-20(25)15-18)26-22(28)16-27-12-4-2-1-3-11-23(27)29/h5-10,13,15,21H,1-4,11-12,14,16H2,(H,26,28). The molecule has 0 radical (unpaired) electrons. The van der Waals surface area contributed by atoms with E-state index in [1.54, 1.807) is 29.2 Å². The lowest BCUT2D eigenvalue weighted by atomic mass is 9.98. The molecule has 0 bridgehead atoms. The van der Waals surface area contributed by atoms with E-state index in [4.69, 9.17) is 0 Å². The third kappa shape index (κ3) is 6.38. The van der Waals surface area contributed by atoms with Gasteiger partial charge in [-0.25, -0.2) is 8.78 Å². The molecule has 4 nitrogen and oxygen atoms in total. The highest BCUT2D eigenvalue weighted by molar-refractivity contribution is 5.85. The molecule has 2 aromatic carbocycles. The van der Waals surface area contributed by atoms with Crippen LogP contribution in [-0.4, -0.2) is 29.8 Å². The Hall–Kier alpha value is -2.76. The van der Waals surface area contributed by atoms with Crippen LogP contribution in [0.3, 0.4) is 0 Å². The molecule has 0 spiro atoms. The van der Waals surface area contributed by atoms with Gasteiger partial charge in [-0.15, -0.1) is 0 Å². The van der Waals surface area contributed by atoms with Crippen LogP contribution in [0.15, 0.2) is 48.5 Å². The summed E-state index contributed by atoms with van der Waals surface area (Å²) in [7, 11) is 0. The lowest BCUT2D eigenvalue weighted by Crippen LogP contribution is -2.43. The number of hydrogen-bond donors (Lipinski definition) is 1. The average molecular weight is 400 g/mol. The zero-order valence-corrected chi connectivity index (χ0v) is 16.4. The topological polar surface area (TPSA) is 49.4 Å². The van der Waals surface area contributed by atoms with E-state index >= 15 is 0 Å². The molecule has 1 fully saturated rings. The second-order valence-corrected chi connectivity index (χ2v) is 7.49. The average Bonchev–Trinajstić information content (AvgIpc) is 2.67. The Morgan fingerprint density at radius 2 is 1.72 bits per heavy atom. The zero-order valence-electron chi connectivity index (χ0n) is 16.4. The first-order valence-electron chi connectivity index (χ1n) is 10.1. The van der Waals surface area contributed by atoms with Crippen molar-refractivity contribution in [1.29, 1.82) is 0 Å². The number of carbonyl (C=O) groups is 2. The van der Waals surface area contributed by atoms with Crippen LogP contribution in [0.1, 0.15) is 49.3 Å². The molecular weight excluding hydrogens is 374 g/mol. The van der Waals surface area contributed by atoms with Gasteiger partial charge < -0.3 is 10.2 Å². The molecule has 1 N–H and O–H groups in total. The highest BCUT2D eigenvalue weighted by atomic mass is 19.1. The number of amides is 2. The van der Waals surface area contributed by atoms with Crippen LogP contribution in [0, 0.1) is 11.6 Å². The van der Waals surface area contributed by atoms with Gasteiger partial charge in [0, 0.05) is 13.0 Å². The summed E-state index contributed by atoms with van der Waals surface area (Å²) >= 11 is 0. The van der Waals surface area contributed by atoms with E-state index in [0.717, 1.165) is 25.7 Å². The van der Waals surface area contributed by atoms with Crippen molar-refractivity contribution in [1.82, 2.24) is 10.2 Å². The molecule has 3 rings (SSSR count). The first-order chi connectivity index (χ1) is 14.0. The third-order valence-corrected chi connectivity index (χ3v) is 5.17. The van der Waals surface area contributed by atoms with Gasteiger partial charge in [0.15, 0.2) is 0 Å². The fourth-order valence-corrected chi connectivity index (χ4v) is 3.67. The smallest absolute Gasteiger partial charge is 0.240 e. The minimum atomic E-state index is -0.523. The lowest BCUT2D eigenvalue weighted by molar-refractivity contribution is -0.136. The van der Waals surface area contributed by atoms with E-state index in [9.17, 15) is 18.4 Å². The summed E-state index contributed by atoms with van der Waals surface area (Å²) < 4.78 is 27.3. The molecule has 2 amide bonds. The van der Waals surface area contributed by atoms with Crippen LogP contribution < -0.4 is 5.32 Å². The van der Waals surface area contributed by atoms with E-state index in [-0.39, 0.29) is 24.2 Å². The number of likely N-dealkylation sites (tertiary alicyclic amines) is 1. The van der Waals surface area contributed by atoms with E-state index in [2.05, 4.69) is 5.32 Å². The third-order valence-electron chi connectivity index (χ3n) is 5.17. The number of carbonyl (C=O) groups excluding carboxylic acids is 2. The Labute approximate surface area is 169 Å². The van der Waals surface area contributed by atoms with Crippen LogP contribution >= 0.6 is 0 Å². The molecule has 2 aromatic rings. The molecule has 1 aliphatic heterocycles. The highest BCUT2D eigenvalue weighted by Crippen LogP contribution is 2.20. The van der Waals surface area contributed by atoms with Crippen molar-refractivity contribution in [3.05, 3.63) is 71.3 Å². The first kappa shape index (κ1) is 21.0. The number of halogens is 2. The van der Waals surface area contributed by atoms with Crippen LogP contribution in [-0.2, 0) is 16.0 Å². The van der Waals surface area contributed by atoms with E-state index in [1.807, 2.05) is 0 Å². The minimum absolute atomic E-state index is 0.00714. The largest absolute Gasteiger partial charge is 0.347 e. The monoisotopic (exact) mass is 400 g/mol. The molecule has 0 saturated carbocycles. The van der Waals surface area contributed by atoms with Crippen molar-refractivity contribution in [2.75, 3.05) is 13.1 Å². The Morgan fingerprint density at radius 3 is 2.48 bits per heavy atom. The Kier molecular flexibility index (Phi) is 7.33. The van der Waals surface area contributed by atoms with Gasteiger partial charge in [0.1, 0.15) is 11.6 Å². The van der Waals surface area contributed by atoms with Crippen molar-refractivity contribution >= 4 is 11.8 Å². The maximum Gasteiger partial charge on any atom is 0.240 e. The van der Waals surface area contributed by atoms with E-state index < -0.39 is 11.9 Å². The summed E-state index contributed by atoms with van der Waals surface area (Å²) in [5, 5.41) is 2.91. The number of hydrogen-bond acceptors (Lipinski definition) is 2. The van der Waals surface area contributed by atoms with Crippen LogP contribution in [0.2, 0.25) is 0 Å². The molecule has 1 saturated heterocycles. The fourth-order valence-electron chi connectivity index (χ4n) is 3.67. The van der Waals surface area contributed by atoms with Gasteiger partial charge in [-0.05, 0) is 54.7 Å². The summed E-state index contributed by atoms with van der Waals surface area (Å²) in [6.07, 6.45) is 4.61. The van der Waals surface area contributed by atoms with Gasteiger partial charge in [-0.1, -0.05) is 37.1 Å². The van der Waals surface area contributed by atoms with Crippen molar-refractivity contribution in [3.63, 3.8) is 0 Å². The molecule has 1 unspecified atom stereocenters. The second kappa shape index (κ2) is 10.1. The summed E-state index contributed by atoms with van der Waals surface area (Å²) in [5.74, 6) is -1.07. The summed E-state index contributed by atoms with van der Waals surface area (Å²) in [5.41, 5.74) is 1.29. The molecule has 29 heavy (non-hydrogen) atoms. The second-order valence-electron chi connectivity index (χ2n) is 7.49. The number of benzene rings is 2. The van der Waals surface area contributed by atoms with Crippen LogP contribution in [0.25, 0.3) is 0 Å². The number of nitrogens with zero attached hydrogens (tertiary/aromatic N) is 1. The molecule has 1 heterocycles. The highest BCUT2D eigenvalue weighted by Gasteiger charge is 2.21. The number of rotatable bonds is 6. The van der Waals surface area contributed by atoms with Gasteiger partial charge in [0.05, 0.1) is 12.6 Å². The Morgan fingerprint density at radius 1 is 1.00 bits per heavy atom. The van der Waals surface area contributed by atoms with Crippen molar-refractivity contribution in [2.45, 2.75) is 44.6 Å². The van der Waals surface area contributed by atoms with Gasteiger partial charge in [0.2, 0.25) is 11.8 Å². The van der Waals surface area contributed by atoms with Gasteiger partial charge in [-0.3, -0.25) is 9.59 Å². The van der Waals surface area contributed by atoms with Crippen molar-refractivity contribution in [2.24, 2.45) is 0 Å². The SMILES string of the molecule is O=C(CN1CCCCCCC1=O)NC(Cc1cccc(F)c1)c1cccc(F)c1. The quantitative estimate of drug-likeness (QED) is 0.792. The van der Waals surface area contributed by atoms with Crippen LogP contribution in [0.4, 0.5) is 8.78 Å². The maximum atomic E-state index is 13.7. The van der Waals surface area contributed by atoms with Gasteiger partial charge in [-0.2, -0.15) is 0 Å².